The van der Waals surface area contributed by atoms with E-state index >= 15 is 0 Å². The van der Waals surface area contributed by atoms with Crippen LogP contribution in [0, 0.1) is 5.92 Å². The summed E-state index contributed by atoms with van der Waals surface area (Å²) in [4.78, 5) is 50.6. The highest BCUT2D eigenvalue weighted by Gasteiger charge is 2.42. The van der Waals surface area contributed by atoms with Gasteiger partial charge in [-0.15, -0.1) is 5.06 Å². The van der Waals surface area contributed by atoms with Crippen LogP contribution < -0.4 is 5.32 Å². The number of nitrogens with zero attached hydrogens (tertiary/aromatic N) is 1. The van der Waals surface area contributed by atoms with Crippen LogP contribution in [0.2, 0.25) is 0 Å². The SMILES string of the molecule is O=C1C[C@H]2CS[C@@H](CCCCC(=O)ON3C(=O)CCC3=O)[C@H]2N1. The maximum atomic E-state index is 11.7. The van der Waals surface area contributed by atoms with Gasteiger partial charge in [0.1, 0.15) is 0 Å². The summed E-state index contributed by atoms with van der Waals surface area (Å²) in [6.45, 7) is 0. The van der Waals surface area contributed by atoms with Crippen LogP contribution in [0.4, 0.5) is 0 Å². The molecule has 126 valence electrons. The number of rotatable bonds is 6. The predicted molar refractivity (Wildman–Crippen MR) is 81.9 cm³/mol. The third-order valence-corrected chi connectivity index (χ3v) is 6.10. The van der Waals surface area contributed by atoms with Gasteiger partial charge in [0.2, 0.25) is 5.91 Å². The molecule has 0 aliphatic carbocycles. The van der Waals surface area contributed by atoms with E-state index in [1.165, 1.54) is 0 Å². The van der Waals surface area contributed by atoms with Crippen LogP contribution in [-0.4, -0.2) is 45.8 Å². The van der Waals surface area contributed by atoms with Crippen LogP contribution in [-0.2, 0) is 24.0 Å². The van der Waals surface area contributed by atoms with Gasteiger partial charge in [-0.25, -0.2) is 4.79 Å². The second-order valence-electron chi connectivity index (χ2n) is 6.22. The number of thioether (sulfide) groups is 1. The van der Waals surface area contributed by atoms with Crippen molar-refractivity contribution in [2.24, 2.45) is 5.92 Å². The smallest absolute Gasteiger partial charge is 0.333 e. The lowest BCUT2D eigenvalue weighted by atomic mass is 9.97. The standard InChI is InChI=1S/C15H20N2O5S/c18-11-7-9-8-23-10(15(9)16-11)3-1-2-4-14(21)22-17-12(19)5-6-13(17)20/h9-10,15H,1-8H2,(H,16,18)/t9-,10-,15-/m0/s1. The molecule has 0 saturated carbocycles. The summed E-state index contributed by atoms with van der Waals surface area (Å²) in [5.41, 5.74) is 0. The van der Waals surface area contributed by atoms with E-state index in [9.17, 15) is 19.2 Å². The zero-order valence-electron chi connectivity index (χ0n) is 12.8. The lowest BCUT2D eigenvalue weighted by Crippen LogP contribution is -2.34. The Morgan fingerprint density at radius 3 is 2.70 bits per heavy atom. The number of hydroxylamine groups is 2. The second kappa shape index (κ2) is 6.90. The van der Waals surface area contributed by atoms with Gasteiger partial charge in [-0.3, -0.25) is 14.4 Å². The minimum atomic E-state index is -0.542. The quantitative estimate of drug-likeness (QED) is 0.567. The summed E-state index contributed by atoms with van der Waals surface area (Å²) < 4.78 is 0. The van der Waals surface area contributed by atoms with Gasteiger partial charge in [0.25, 0.3) is 11.8 Å². The average molecular weight is 340 g/mol. The van der Waals surface area contributed by atoms with Crippen molar-refractivity contribution in [3.05, 3.63) is 0 Å². The van der Waals surface area contributed by atoms with E-state index in [-0.39, 0.29) is 31.2 Å². The minimum Gasteiger partial charge on any atom is -0.352 e. The van der Waals surface area contributed by atoms with Gasteiger partial charge in [-0.1, -0.05) is 6.42 Å². The fourth-order valence-electron chi connectivity index (χ4n) is 3.32. The number of unbranched alkanes of at least 4 members (excludes halogenated alkanes) is 1. The zero-order valence-corrected chi connectivity index (χ0v) is 13.6. The Bertz CT molecular complexity index is 522. The lowest BCUT2D eigenvalue weighted by Gasteiger charge is -2.17. The number of imide groups is 1. The van der Waals surface area contributed by atoms with Gasteiger partial charge in [0.05, 0.1) is 0 Å². The zero-order chi connectivity index (χ0) is 16.4. The first kappa shape index (κ1) is 16.3. The van der Waals surface area contributed by atoms with Gasteiger partial charge < -0.3 is 10.2 Å². The van der Waals surface area contributed by atoms with Crippen LogP contribution in [0.1, 0.15) is 44.9 Å². The van der Waals surface area contributed by atoms with Crippen molar-refractivity contribution in [3.63, 3.8) is 0 Å². The molecule has 3 atom stereocenters. The first-order valence-corrected chi connectivity index (χ1v) is 9.07. The monoisotopic (exact) mass is 340 g/mol. The van der Waals surface area contributed by atoms with Crippen molar-refractivity contribution in [2.45, 2.75) is 56.2 Å². The van der Waals surface area contributed by atoms with Crippen molar-refractivity contribution in [1.82, 2.24) is 10.4 Å². The van der Waals surface area contributed by atoms with Crippen molar-refractivity contribution in [2.75, 3.05) is 5.75 Å². The van der Waals surface area contributed by atoms with E-state index in [4.69, 9.17) is 4.84 Å². The van der Waals surface area contributed by atoms with E-state index in [0.29, 0.717) is 29.1 Å². The van der Waals surface area contributed by atoms with Crippen molar-refractivity contribution < 1.29 is 24.0 Å². The Morgan fingerprint density at radius 1 is 1.22 bits per heavy atom. The van der Waals surface area contributed by atoms with E-state index < -0.39 is 17.8 Å². The molecule has 3 fully saturated rings. The average Bonchev–Trinajstić information content (AvgIpc) is 3.14. The Hall–Kier alpha value is -1.57. The van der Waals surface area contributed by atoms with Gasteiger partial charge in [-0.2, -0.15) is 11.8 Å². The molecule has 3 amide bonds. The lowest BCUT2D eigenvalue weighted by molar-refractivity contribution is -0.197. The molecule has 0 unspecified atom stereocenters. The van der Waals surface area contributed by atoms with Crippen molar-refractivity contribution >= 4 is 35.5 Å². The molecule has 1 N–H and O–H groups in total. The molecule has 0 spiro atoms. The highest BCUT2D eigenvalue weighted by molar-refractivity contribution is 8.00. The molecule has 7 nitrogen and oxygen atoms in total. The molecule has 0 bridgehead atoms. The van der Waals surface area contributed by atoms with Crippen LogP contribution >= 0.6 is 11.8 Å². The Labute approximate surface area is 138 Å². The maximum absolute atomic E-state index is 11.7. The van der Waals surface area contributed by atoms with Crippen LogP contribution in [0.3, 0.4) is 0 Å². The van der Waals surface area contributed by atoms with Crippen LogP contribution in [0.5, 0.6) is 0 Å². The van der Waals surface area contributed by atoms with Crippen LogP contribution in [0.15, 0.2) is 0 Å². The molecule has 0 radical (unpaired) electrons. The van der Waals surface area contributed by atoms with Crippen LogP contribution in [0.25, 0.3) is 0 Å². The summed E-state index contributed by atoms with van der Waals surface area (Å²) in [7, 11) is 0. The fraction of sp³-hybridized carbons (Fsp3) is 0.733. The number of hydrogen-bond acceptors (Lipinski definition) is 6. The largest absolute Gasteiger partial charge is 0.352 e. The predicted octanol–water partition coefficient (Wildman–Crippen LogP) is 0.774. The molecule has 0 aromatic heterocycles. The summed E-state index contributed by atoms with van der Waals surface area (Å²) in [5, 5.41) is 4.05. The third-order valence-electron chi connectivity index (χ3n) is 4.53. The molecule has 0 aromatic rings. The Balaban J connectivity index is 1.34. The number of carbonyl (C=O) groups excluding carboxylic acids is 4. The van der Waals surface area contributed by atoms with Crippen molar-refractivity contribution in [3.8, 4) is 0 Å². The molecule has 3 saturated heterocycles. The van der Waals surface area contributed by atoms with E-state index in [1.54, 1.807) is 0 Å². The van der Waals surface area contributed by atoms with Crippen molar-refractivity contribution in [1.29, 1.82) is 0 Å². The Morgan fingerprint density at radius 2 is 1.96 bits per heavy atom. The molecule has 0 aromatic carbocycles. The number of hydrogen-bond donors (Lipinski definition) is 1. The number of nitrogens with one attached hydrogen (secondary N) is 1. The first-order chi connectivity index (χ1) is 11.0. The van der Waals surface area contributed by atoms with Gasteiger partial charge in [-0.05, 0) is 24.5 Å². The summed E-state index contributed by atoms with van der Waals surface area (Å²) in [5.74, 6) is 0.181. The maximum Gasteiger partial charge on any atom is 0.333 e. The van der Waals surface area contributed by atoms with E-state index in [1.807, 2.05) is 11.8 Å². The van der Waals surface area contributed by atoms with Gasteiger partial charge in [0, 0.05) is 37.0 Å². The Kier molecular flexibility index (Phi) is 4.89. The number of fused-ring (bicyclic) bond motifs is 1. The number of amides is 3. The first-order valence-electron chi connectivity index (χ1n) is 8.02. The van der Waals surface area contributed by atoms with Gasteiger partial charge >= 0.3 is 5.97 Å². The molecule has 3 heterocycles. The summed E-state index contributed by atoms with van der Waals surface area (Å²) >= 11 is 1.89. The molecular weight excluding hydrogens is 320 g/mol. The minimum absolute atomic E-state index is 0.110. The van der Waals surface area contributed by atoms with E-state index in [0.717, 1.165) is 18.6 Å². The molecular formula is C15H20N2O5S. The summed E-state index contributed by atoms with van der Waals surface area (Å²) in [6, 6.07) is 0.277. The highest BCUT2D eigenvalue weighted by Crippen LogP contribution is 2.39. The highest BCUT2D eigenvalue weighted by atomic mass is 32.2. The molecule has 3 aliphatic heterocycles. The topological polar surface area (TPSA) is 92.8 Å². The normalized spacial score (nSPS) is 29.8. The third kappa shape index (κ3) is 3.68. The molecule has 3 rings (SSSR count). The molecule has 3 aliphatic rings. The van der Waals surface area contributed by atoms with Gasteiger partial charge in [0.15, 0.2) is 0 Å². The number of carbonyl (C=O) groups is 4. The summed E-state index contributed by atoms with van der Waals surface area (Å²) in [6.07, 6.45) is 3.50. The second-order valence-corrected chi connectivity index (χ2v) is 7.49. The molecule has 23 heavy (non-hydrogen) atoms. The molecule has 8 heteroatoms. The fourth-order valence-corrected chi connectivity index (χ4v) is 4.97. The van der Waals surface area contributed by atoms with E-state index in [2.05, 4.69) is 5.32 Å².